The van der Waals surface area contributed by atoms with E-state index in [1.54, 1.807) is 43.3 Å². The molecule has 1 N–H and O–H groups in total. The van der Waals surface area contributed by atoms with Crippen LogP contribution in [0.5, 0.6) is 5.75 Å². The zero-order chi connectivity index (χ0) is 16.8. The zero-order valence-electron chi connectivity index (χ0n) is 12.9. The van der Waals surface area contributed by atoms with Crippen molar-refractivity contribution in [2.75, 3.05) is 0 Å². The predicted octanol–water partition coefficient (Wildman–Crippen LogP) is 3.34. The Morgan fingerprint density at radius 3 is 2.57 bits per heavy atom. The molecular weight excluding hydrogens is 295 g/mol. The summed E-state index contributed by atoms with van der Waals surface area (Å²) in [5.74, 6) is -0.147. The van der Waals surface area contributed by atoms with Crippen LogP contribution in [0.15, 0.2) is 48.5 Å². The molecule has 0 saturated heterocycles. The van der Waals surface area contributed by atoms with Crippen LogP contribution in [0.1, 0.15) is 31.0 Å². The monoisotopic (exact) mass is 312 g/mol. The second kappa shape index (κ2) is 7.41. The van der Waals surface area contributed by atoms with Crippen molar-refractivity contribution in [1.29, 1.82) is 5.26 Å². The fourth-order valence-electron chi connectivity index (χ4n) is 2.06. The van der Waals surface area contributed by atoms with Crippen LogP contribution in [-0.4, -0.2) is 12.0 Å². The first-order valence-corrected chi connectivity index (χ1v) is 7.22. The second-order valence-electron chi connectivity index (χ2n) is 5.18. The second-order valence-corrected chi connectivity index (χ2v) is 5.18. The number of carbonyl (C=O) groups excluding carboxylic acids is 1. The molecule has 2 atom stereocenters. The summed E-state index contributed by atoms with van der Waals surface area (Å²) in [6.07, 6.45) is -0.716. The maximum Gasteiger partial charge on any atom is 0.261 e. The lowest BCUT2D eigenvalue weighted by Gasteiger charge is -2.19. The normalized spacial score (nSPS) is 12.8. The molecule has 0 aromatic heterocycles. The van der Waals surface area contributed by atoms with E-state index in [0.717, 1.165) is 5.56 Å². The molecule has 0 aliphatic carbocycles. The number of hydrogen-bond acceptors (Lipinski definition) is 3. The number of rotatable bonds is 5. The highest BCUT2D eigenvalue weighted by atomic mass is 19.1. The van der Waals surface area contributed by atoms with Gasteiger partial charge < -0.3 is 10.1 Å². The first-order chi connectivity index (χ1) is 11.0. The average Bonchev–Trinajstić information content (AvgIpc) is 2.55. The van der Waals surface area contributed by atoms with Gasteiger partial charge in [0.1, 0.15) is 11.6 Å². The summed E-state index contributed by atoms with van der Waals surface area (Å²) >= 11 is 0. The highest BCUT2D eigenvalue weighted by Gasteiger charge is 2.18. The molecular formula is C18H17FN2O2. The molecule has 0 fully saturated rings. The van der Waals surface area contributed by atoms with Crippen LogP contribution in [0, 0.1) is 17.1 Å². The van der Waals surface area contributed by atoms with E-state index in [2.05, 4.69) is 5.32 Å². The van der Waals surface area contributed by atoms with Gasteiger partial charge in [-0.05, 0) is 49.7 Å². The minimum atomic E-state index is -0.716. The minimum absolute atomic E-state index is 0.264. The van der Waals surface area contributed by atoms with Crippen LogP contribution < -0.4 is 10.1 Å². The van der Waals surface area contributed by atoms with Crippen LogP contribution in [0.4, 0.5) is 4.39 Å². The maximum absolute atomic E-state index is 12.9. The topological polar surface area (TPSA) is 62.1 Å². The van der Waals surface area contributed by atoms with E-state index in [1.165, 1.54) is 12.1 Å². The fourth-order valence-corrected chi connectivity index (χ4v) is 2.06. The van der Waals surface area contributed by atoms with E-state index in [1.807, 2.05) is 13.0 Å². The van der Waals surface area contributed by atoms with Crippen LogP contribution >= 0.6 is 0 Å². The molecule has 1 amide bonds. The quantitative estimate of drug-likeness (QED) is 0.921. The third-order valence-electron chi connectivity index (χ3n) is 3.37. The van der Waals surface area contributed by atoms with Gasteiger partial charge in [0, 0.05) is 0 Å². The number of nitrogens with one attached hydrogen (secondary N) is 1. The number of benzene rings is 2. The highest BCUT2D eigenvalue weighted by molar-refractivity contribution is 5.81. The Balaban J connectivity index is 1.96. The van der Waals surface area contributed by atoms with Crippen molar-refractivity contribution < 1.29 is 13.9 Å². The van der Waals surface area contributed by atoms with Crippen molar-refractivity contribution in [1.82, 2.24) is 5.32 Å². The van der Waals surface area contributed by atoms with Gasteiger partial charge in [-0.2, -0.15) is 5.26 Å². The van der Waals surface area contributed by atoms with Crippen molar-refractivity contribution in [2.45, 2.75) is 26.0 Å². The molecule has 0 bridgehead atoms. The van der Waals surface area contributed by atoms with Crippen LogP contribution in [0.25, 0.3) is 0 Å². The van der Waals surface area contributed by atoms with Gasteiger partial charge in [0.2, 0.25) is 0 Å². The molecule has 23 heavy (non-hydrogen) atoms. The van der Waals surface area contributed by atoms with Gasteiger partial charge in [-0.25, -0.2) is 4.39 Å². The molecule has 0 heterocycles. The molecule has 0 unspecified atom stereocenters. The predicted molar refractivity (Wildman–Crippen MR) is 84.2 cm³/mol. The molecule has 0 saturated carbocycles. The molecule has 0 aliphatic rings. The fraction of sp³-hybridized carbons (Fsp3) is 0.222. The molecule has 0 radical (unpaired) electrons. The van der Waals surface area contributed by atoms with Crippen molar-refractivity contribution in [3.05, 3.63) is 65.5 Å². The number of amides is 1. The van der Waals surface area contributed by atoms with Crippen LogP contribution in [0.3, 0.4) is 0 Å². The number of halogens is 1. The van der Waals surface area contributed by atoms with Gasteiger partial charge in [0.15, 0.2) is 6.10 Å². The summed E-state index contributed by atoms with van der Waals surface area (Å²) in [5, 5.41) is 11.7. The van der Waals surface area contributed by atoms with Crippen molar-refractivity contribution >= 4 is 5.91 Å². The number of ether oxygens (including phenoxy) is 1. The Morgan fingerprint density at radius 2 is 1.91 bits per heavy atom. The van der Waals surface area contributed by atoms with Gasteiger partial charge in [-0.1, -0.05) is 18.2 Å². The number of carbonyl (C=O) groups is 1. The zero-order valence-corrected chi connectivity index (χ0v) is 12.9. The SMILES string of the molecule is C[C@H](Oc1cccc(C#N)c1)C(=O)N[C@@H](C)c1ccc(F)cc1. The Hall–Kier alpha value is -2.87. The minimum Gasteiger partial charge on any atom is -0.481 e. The van der Waals surface area contributed by atoms with E-state index >= 15 is 0 Å². The molecule has 2 rings (SSSR count). The standard InChI is InChI=1S/C18H17FN2O2/c1-12(15-6-8-16(19)9-7-15)21-18(22)13(2)23-17-5-3-4-14(10-17)11-20/h3-10,12-13H,1-2H3,(H,21,22)/t12-,13-/m0/s1. The highest BCUT2D eigenvalue weighted by Crippen LogP contribution is 2.16. The maximum atomic E-state index is 12.9. The van der Waals surface area contributed by atoms with Gasteiger partial charge >= 0.3 is 0 Å². The third-order valence-corrected chi connectivity index (χ3v) is 3.37. The lowest BCUT2D eigenvalue weighted by atomic mass is 10.1. The van der Waals surface area contributed by atoms with Crippen molar-refractivity contribution in [2.24, 2.45) is 0 Å². The number of nitriles is 1. The summed E-state index contributed by atoms with van der Waals surface area (Å²) in [4.78, 5) is 12.2. The Bertz CT molecular complexity index is 723. The van der Waals surface area contributed by atoms with Crippen molar-refractivity contribution in [3.8, 4) is 11.8 Å². The summed E-state index contributed by atoms with van der Waals surface area (Å²) in [5.41, 5.74) is 1.27. The van der Waals surface area contributed by atoms with Gasteiger partial charge in [-0.3, -0.25) is 4.79 Å². The summed E-state index contributed by atoms with van der Waals surface area (Å²) < 4.78 is 18.5. The Kier molecular flexibility index (Phi) is 5.32. The third kappa shape index (κ3) is 4.55. The summed E-state index contributed by atoms with van der Waals surface area (Å²) in [7, 11) is 0. The smallest absolute Gasteiger partial charge is 0.261 e. The van der Waals surface area contributed by atoms with Gasteiger partial charge in [0.05, 0.1) is 17.7 Å². The molecule has 0 spiro atoms. The Morgan fingerprint density at radius 1 is 1.22 bits per heavy atom. The lowest BCUT2D eigenvalue weighted by Crippen LogP contribution is -2.37. The first kappa shape index (κ1) is 16.5. The number of nitrogens with zero attached hydrogens (tertiary/aromatic N) is 1. The van der Waals surface area contributed by atoms with E-state index < -0.39 is 6.10 Å². The number of hydrogen-bond donors (Lipinski definition) is 1. The first-order valence-electron chi connectivity index (χ1n) is 7.22. The van der Waals surface area contributed by atoms with Crippen molar-refractivity contribution in [3.63, 3.8) is 0 Å². The molecule has 118 valence electrons. The van der Waals surface area contributed by atoms with Crippen LogP contribution in [-0.2, 0) is 4.79 Å². The van der Waals surface area contributed by atoms with E-state index in [9.17, 15) is 9.18 Å². The lowest BCUT2D eigenvalue weighted by molar-refractivity contribution is -0.127. The van der Waals surface area contributed by atoms with Gasteiger partial charge in [0.25, 0.3) is 5.91 Å². The largest absolute Gasteiger partial charge is 0.481 e. The molecule has 5 heteroatoms. The average molecular weight is 312 g/mol. The van der Waals surface area contributed by atoms with E-state index in [4.69, 9.17) is 10.00 Å². The summed E-state index contributed by atoms with van der Waals surface area (Å²) in [6, 6.07) is 14.3. The van der Waals surface area contributed by atoms with E-state index in [0.29, 0.717) is 11.3 Å². The summed E-state index contributed by atoms with van der Waals surface area (Å²) in [6.45, 7) is 3.44. The Labute approximate surface area is 134 Å². The molecule has 2 aromatic carbocycles. The van der Waals surface area contributed by atoms with Crippen LogP contribution in [0.2, 0.25) is 0 Å². The molecule has 4 nitrogen and oxygen atoms in total. The van der Waals surface area contributed by atoms with E-state index in [-0.39, 0.29) is 17.8 Å². The molecule has 2 aromatic rings. The van der Waals surface area contributed by atoms with Gasteiger partial charge in [-0.15, -0.1) is 0 Å². The molecule has 0 aliphatic heterocycles.